The molecule has 0 radical (unpaired) electrons. The smallest absolute Gasteiger partial charge is 0.276 e. The molecule has 30 heavy (non-hydrogen) atoms. The normalized spacial score (nSPS) is 12.1. The maximum atomic E-state index is 13.0. The first-order valence-corrected chi connectivity index (χ1v) is 9.56. The number of ether oxygens (including phenoxy) is 2. The number of aryl methyl sites for hydroxylation is 1. The number of rotatable bonds is 6. The first-order valence-electron chi connectivity index (χ1n) is 9.56. The van der Waals surface area contributed by atoms with Crippen molar-refractivity contribution in [3.63, 3.8) is 0 Å². The molecule has 2 heterocycles. The second-order valence-corrected chi connectivity index (χ2v) is 7.10. The van der Waals surface area contributed by atoms with Crippen LogP contribution in [0.4, 0.5) is 0 Å². The summed E-state index contributed by atoms with van der Waals surface area (Å²) in [4.78, 5) is 13.0. The summed E-state index contributed by atoms with van der Waals surface area (Å²) in [6, 6.07) is 14.9. The van der Waals surface area contributed by atoms with Crippen molar-refractivity contribution in [1.82, 2.24) is 14.2 Å². The molecule has 0 spiro atoms. The molecule has 0 amide bonds. The molecule has 1 atom stereocenters. The van der Waals surface area contributed by atoms with Crippen LogP contribution < -0.4 is 15.0 Å². The maximum Gasteiger partial charge on any atom is 0.276 e. The van der Waals surface area contributed by atoms with Crippen LogP contribution in [0.15, 0.2) is 65.7 Å². The third-order valence-corrected chi connectivity index (χ3v) is 5.12. The van der Waals surface area contributed by atoms with E-state index in [2.05, 4.69) is 5.10 Å². The molecule has 2 aromatic heterocycles. The molecule has 0 saturated carbocycles. The van der Waals surface area contributed by atoms with Gasteiger partial charge in [0.25, 0.3) is 5.56 Å². The molecule has 1 N–H and O–H groups in total. The summed E-state index contributed by atoms with van der Waals surface area (Å²) in [6.07, 6.45) is 2.39. The number of hydrogen-bond acceptors (Lipinski definition) is 5. The Morgan fingerprint density at radius 2 is 1.80 bits per heavy atom. The predicted molar refractivity (Wildman–Crippen MR) is 114 cm³/mol. The van der Waals surface area contributed by atoms with Crippen LogP contribution in [0.1, 0.15) is 17.2 Å². The van der Waals surface area contributed by atoms with Crippen molar-refractivity contribution >= 4 is 5.52 Å². The molecule has 0 aliphatic carbocycles. The first-order chi connectivity index (χ1) is 14.5. The van der Waals surface area contributed by atoms with Gasteiger partial charge >= 0.3 is 0 Å². The standard InChI is InChI=1S/C23H23N3O4/c1-15-4-6-16(7-5-15)19-13-20-23(28)25(10-11-26(20)24-19)14-21(27)18-12-17(29-2)8-9-22(18)30-3/h4-13,21,27H,14H2,1-3H3. The van der Waals surface area contributed by atoms with E-state index in [0.29, 0.717) is 22.6 Å². The predicted octanol–water partition coefficient (Wildman–Crippen LogP) is 3.22. The van der Waals surface area contributed by atoms with Gasteiger partial charge in [-0.1, -0.05) is 29.8 Å². The highest BCUT2D eigenvalue weighted by atomic mass is 16.5. The number of hydrogen-bond donors (Lipinski definition) is 1. The number of fused-ring (bicyclic) bond motifs is 1. The van der Waals surface area contributed by atoms with E-state index >= 15 is 0 Å². The summed E-state index contributed by atoms with van der Waals surface area (Å²) in [5, 5.41) is 15.3. The average Bonchev–Trinajstić information content (AvgIpc) is 3.21. The van der Waals surface area contributed by atoms with E-state index in [4.69, 9.17) is 9.47 Å². The Kier molecular flexibility index (Phi) is 5.29. The first kappa shape index (κ1) is 19.7. The molecule has 0 aliphatic rings. The monoisotopic (exact) mass is 405 g/mol. The molecule has 4 rings (SSSR count). The largest absolute Gasteiger partial charge is 0.497 e. The summed E-state index contributed by atoms with van der Waals surface area (Å²) in [5.74, 6) is 1.13. The average molecular weight is 405 g/mol. The van der Waals surface area contributed by atoms with Gasteiger partial charge < -0.3 is 19.1 Å². The van der Waals surface area contributed by atoms with Crippen molar-refractivity contribution in [2.45, 2.75) is 19.6 Å². The fourth-order valence-electron chi connectivity index (χ4n) is 3.42. The molecule has 154 valence electrons. The summed E-state index contributed by atoms with van der Waals surface area (Å²) < 4.78 is 13.6. The third kappa shape index (κ3) is 3.67. The van der Waals surface area contributed by atoms with Gasteiger partial charge in [-0.15, -0.1) is 0 Å². The molecular weight excluding hydrogens is 382 g/mol. The second kappa shape index (κ2) is 8.04. The number of methoxy groups -OCH3 is 2. The van der Waals surface area contributed by atoms with Gasteiger partial charge in [0, 0.05) is 23.5 Å². The van der Waals surface area contributed by atoms with E-state index in [1.165, 1.54) is 11.7 Å². The lowest BCUT2D eigenvalue weighted by Gasteiger charge is -2.17. The molecule has 7 heteroatoms. The van der Waals surface area contributed by atoms with Crippen LogP contribution in [0.5, 0.6) is 11.5 Å². The number of aliphatic hydroxyl groups excluding tert-OH is 1. The topological polar surface area (TPSA) is 78.0 Å². The van der Waals surface area contributed by atoms with Gasteiger partial charge in [0.1, 0.15) is 23.1 Å². The zero-order valence-electron chi connectivity index (χ0n) is 17.1. The van der Waals surface area contributed by atoms with Gasteiger partial charge in [0.2, 0.25) is 0 Å². The molecular formula is C23H23N3O4. The lowest BCUT2D eigenvalue weighted by molar-refractivity contribution is 0.151. The number of nitrogens with zero attached hydrogens (tertiary/aromatic N) is 3. The Balaban J connectivity index is 1.68. The number of aromatic nitrogens is 3. The van der Waals surface area contributed by atoms with Gasteiger partial charge in [-0.3, -0.25) is 4.79 Å². The molecule has 0 saturated heterocycles. The van der Waals surface area contributed by atoms with Crippen molar-refractivity contribution < 1.29 is 14.6 Å². The molecule has 0 bridgehead atoms. The number of aliphatic hydroxyl groups is 1. The Hall–Kier alpha value is -3.58. The summed E-state index contributed by atoms with van der Waals surface area (Å²) in [6.45, 7) is 2.10. The van der Waals surface area contributed by atoms with Crippen molar-refractivity contribution in [1.29, 1.82) is 0 Å². The molecule has 0 aliphatic heterocycles. The van der Waals surface area contributed by atoms with Crippen LogP contribution in [0.25, 0.3) is 16.8 Å². The van der Waals surface area contributed by atoms with Crippen LogP contribution in [-0.4, -0.2) is 33.5 Å². The Bertz CT molecular complexity index is 1240. The van der Waals surface area contributed by atoms with E-state index in [-0.39, 0.29) is 12.1 Å². The SMILES string of the molecule is COc1ccc(OC)c(C(O)Cn2ccn3nc(-c4ccc(C)cc4)cc3c2=O)c1. The Morgan fingerprint density at radius 3 is 2.50 bits per heavy atom. The van der Waals surface area contributed by atoms with Gasteiger partial charge in [0.05, 0.1) is 26.5 Å². The van der Waals surface area contributed by atoms with Crippen molar-refractivity contribution in [2.75, 3.05) is 14.2 Å². The highest BCUT2D eigenvalue weighted by Crippen LogP contribution is 2.30. The van der Waals surface area contributed by atoms with E-state index in [1.807, 2.05) is 31.2 Å². The molecule has 0 fully saturated rings. The van der Waals surface area contributed by atoms with E-state index < -0.39 is 6.10 Å². The summed E-state index contributed by atoms with van der Waals surface area (Å²) >= 11 is 0. The fourth-order valence-corrected chi connectivity index (χ4v) is 3.42. The zero-order chi connectivity index (χ0) is 21.3. The molecule has 1 unspecified atom stereocenters. The van der Waals surface area contributed by atoms with Crippen LogP contribution >= 0.6 is 0 Å². The summed E-state index contributed by atoms with van der Waals surface area (Å²) in [7, 11) is 3.09. The van der Waals surface area contributed by atoms with E-state index in [1.54, 1.807) is 48.3 Å². The minimum absolute atomic E-state index is 0.0733. The minimum atomic E-state index is -0.949. The van der Waals surface area contributed by atoms with E-state index in [0.717, 1.165) is 16.8 Å². The van der Waals surface area contributed by atoms with Gasteiger partial charge in [-0.25, -0.2) is 4.52 Å². The molecule has 2 aromatic carbocycles. The lowest BCUT2D eigenvalue weighted by atomic mass is 10.1. The van der Waals surface area contributed by atoms with Gasteiger partial charge in [0.15, 0.2) is 0 Å². The number of benzene rings is 2. The lowest BCUT2D eigenvalue weighted by Crippen LogP contribution is -2.24. The fraction of sp³-hybridized carbons (Fsp3) is 0.217. The summed E-state index contributed by atoms with van der Waals surface area (Å²) in [5.41, 5.74) is 3.59. The van der Waals surface area contributed by atoms with Crippen LogP contribution in [0.2, 0.25) is 0 Å². The highest BCUT2D eigenvalue weighted by molar-refractivity contribution is 5.65. The van der Waals surface area contributed by atoms with Crippen LogP contribution in [0, 0.1) is 6.92 Å². The Labute approximate surface area is 173 Å². The second-order valence-electron chi connectivity index (χ2n) is 7.10. The minimum Gasteiger partial charge on any atom is -0.497 e. The van der Waals surface area contributed by atoms with Crippen molar-refractivity contribution in [3.05, 3.63) is 82.4 Å². The zero-order valence-corrected chi connectivity index (χ0v) is 17.1. The van der Waals surface area contributed by atoms with Crippen LogP contribution in [0.3, 0.4) is 0 Å². The van der Waals surface area contributed by atoms with Crippen molar-refractivity contribution in [2.24, 2.45) is 0 Å². The van der Waals surface area contributed by atoms with Crippen molar-refractivity contribution in [3.8, 4) is 22.8 Å². The molecule has 7 nitrogen and oxygen atoms in total. The molecule has 4 aromatic rings. The van der Waals surface area contributed by atoms with Crippen LogP contribution in [-0.2, 0) is 6.54 Å². The maximum absolute atomic E-state index is 13.0. The Morgan fingerprint density at radius 1 is 1.03 bits per heavy atom. The van der Waals surface area contributed by atoms with Gasteiger partial charge in [-0.2, -0.15) is 5.10 Å². The van der Waals surface area contributed by atoms with E-state index in [9.17, 15) is 9.90 Å². The highest BCUT2D eigenvalue weighted by Gasteiger charge is 2.17. The third-order valence-electron chi connectivity index (χ3n) is 5.12. The van der Waals surface area contributed by atoms with Gasteiger partial charge in [-0.05, 0) is 31.2 Å². The quantitative estimate of drug-likeness (QED) is 0.533.